The molecule has 1 saturated heterocycles. The number of aliphatic hydroxyl groups excluding tert-OH is 1. The third-order valence-corrected chi connectivity index (χ3v) is 9.66. The Kier molecular flexibility index (Phi) is 11.0. The van der Waals surface area contributed by atoms with E-state index in [2.05, 4.69) is 28.5 Å². The molecule has 236 valence electrons. The van der Waals surface area contributed by atoms with Crippen molar-refractivity contribution in [3.63, 3.8) is 0 Å². The van der Waals surface area contributed by atoms with E-state index in [4.69, 9.17) is 14.2 Å². The van der Waals surface area contributed by atoms with Crippen molar-refractivity contribution >= 4 is 35.0 Å². The van der Waals surface area contributed by atoms with Gasteiger partial charge >= 0.3 is 5.97 Å². The van der Waals surface area contributed by atoms with E-state index >= 15 is 0 Å². The summed E-state index contributed by atoms with van der Waals surface area (Å²) in [4.78, 5) is 23.5. The van der Waals surface area contributed by atoms with Crippen LogP contribution in [0.1, 0.15) is 60.4 Å². The van der Waals surface area contributed by atoms with Crippen LogP contribution in [0.3, 0.4) is 0 Å². The third kappa shape index (κ3) is 8.56. The van der Waals surface area contributed by atoms with Gasteiger partial charge in [0.25, 0.3) is 5.91 Å². The molecule has 0 spiro atoms. The summed E-state index contributed by atoms with van der Waals surface area (Å²) >= 11 is 3.21. The predicted molar refractivity (Wildman–Crippen MR) is 173 cm³/mol. The van der Waals surface area contributed by atoms with Crippen LogP contribution in [0, 0.1) is 12.8 Å². The Morgan fingerprint density at radius 3 is 2.42 bits per heavy atom. The number of hydrogen-bond donors (Lipinski definition) is 2. The fourth-order valence-corrected chi connectivity index (χ4v) is 7.17. The summed E-state index contributed by atoms with van der Waals surface area (Å²) in [5.41, 5.74) is 5.66. The molecular formula is C34H37N3O6S2. The number of nitrogens with one attached hydrogen (secondary N) is 1. The zero-order chi connectivity index (χ0) is 31.9. The van der Waals surface area contributed by atoms with E-state index in [-0.39, 0.29) is 30.6 Å². The van der Waals surface area contributed by atoms with Gasteiger partial charge in [0.05, 0.1) is 18.8 Å². The maximum Gasteiger partial charge on any atom is 0.303 e. The molecule has 0 radical (unpaired) electrons. The number of amides is 1. The lowest BCUT2D eigenvalue weighted by Gasteiger charge is -2.41. The Morgan fingerprint density at radius 1 is 1.00 bits per heavy atom. The average molecular weight is 648 g/mol. The first kappa shape index (κ1) is 32.8. The van der Waals surface area contributed by atoms with E-state index in [9.17, 15) is 14.7 Å². The van der Waals surface area contributed by atoms with Crippen LogP contribution in [0.4, 0.5) is 0 Å². The summed E-state index contributed by atoms with van der Waals surface area (Å²) in [6, 6.07) is 23.9. The number of benzene rings is 3. The second-order valence-corrected chi connectivity index (χ2v) is 13.5. The minimum atomic E-state index is -0.860. The standard InChI is InChI=1S/C34H37N3O6S2/c1-20-30(19-44-34-37-36-22(3)45-34)42-33(43-31(20)26-13-11-24(18-38)12-14-26)29-10-6-9-28(16-29)27-8-5-7-25(15-27)17-35-32(40)21(2)41-23(4)39/h5-16,20-21,30-31,33,38H,17-19H2,1-4H3,(H,35,40). The number of ether oxygens (including phenoxy) is 3. The fourth-order valence-electron chi connectivity index (χ4n) is 5.16. The maximum atomic E-state index is 12.3. The maximum absolute atomic E-state index is 12.3. The van der Waals surface area contributed by atoms with Gasteiger partial charge in [0.1, 0.15) is 5.01 Å². The van der Waals surface area contributed by atoms with Crippen molar-refractivity contribution in [3.05, 3.63) is 100 Å². The highest BCUT2D eigenvalue weighted by Gasteiger charge is 2.38. The molecule has 1 fully saturated rings. The number of thioether (sulfide) groups is 1. The Balaban J connectivity index is 1.35. The number of aliphatic hydroxyl groups is 1. The zero-order valence-electron chi connectivity index (χ0n) is 25.6. The van der Waals surface area contributed by atoms with Crippen molar-refractivity contribution in [2.75, 3.05) is 5.75 Å². The van der Waals surface area contributed by atoms with Gasteiger partial charge in [-0.1, -0.05) is 90.7 Å². The minimum absolute atomic E-state index is 0.0125. The molecule has 1 amide bonds. The van der Waals surface area contributed by atoms with E-state index in [1.165, 1.54) is 6.92 Å². The topological polar surface area (TPSA) is 120 Å². The van der Waals surface area contributed by atoms with Crippen LogP contribution in [0.2, 0.25) is 0 Å². The van der Waals surface area contributed by atoms with Crippen LogP contribution in [-0.4, -0.2) is 45.1 Å². The molecule has 5 atom stereocenters. The average Bonchev–Trinajstić information content (AvgIpc) is 3.47. The van der Waals surface area contributed by atoms with Gasteiger partial charge < -0.3 is 24.6 Å². The molecule has 5 unspecified atom stereocenters. The lowest BCUT2D eigenvalue weighted by atomic mass is 9.91. The number of rotatable bonds is 11. The van der Waals surface area contributed by atoms with Crippen molar-refractivity contribution < 1.29 is 28.9 Å². The van der Waals surface area contributed by atoms with Crippen molar-refractivity contribution in [2.24, 2.45) is 5.92 Å². The summed E-state index contributed by atoms with van der Waals surface area (Å²) < 4.78 is 19.2. The Labute approximate surface area is 271 Å². The second-order valence-electron chi connectivity index (χ2n) is 11.0. The molecule has 1 aliphatic rings. The molecule has 0 bridgehead atoms. The molecule has 3 aromatic carbocycles. The van der Waals surface area contributed by atoms with Crippen LogP contribution in [0.15, 0.2) is 77.1 Å². The highest BCUT2D eigenvalue weighted by Crippen LogP contribution is 2.43. The van der Waals surface area contributed by atoms with E-state index in [0.29, 0.717) is 12.3 Å². The Morgan fingerprint density at radius 2 is 1.73 bits per heavy atom. The first-order chi connectivity index (χ1) is 21.7. The second kappa shape index (κ2) is 15.1. The Bertz CT molecular complexity index is 1610. The number of hydrogen-bond acceptors (Lipinski definition) is 10. The van der Waals surface area contributed by atoms with Gasteiger partial charge in [0.15, 0.2) is 16.7 Å². The van der Waals surface area contributed by atoms with Gasteiger partial charge in [0.2, 0.25) is 0 Å². The molecule has 0 saturated carbocycles. The highest BCUT2D eigenvalue weighted by molar-refractivity contribution is 8.01. The van der Waals surface area contributed by atoms with Gasteiger partial charge in [-0.05, 0) is 53.8 Å². The molecule has 5 rings (SSSR count). The smallest absolute Gasteiger partial charge is 0.303 e. The molecule has 45 heavy (non-hydrogen) atoms. The summed E-state index contributed by atoms with van der Waals surface area (Å²) in [7, 11) is 0. The largest absolute Gasteiger partial charge is 0.453 e. The van der Waals surface area contributed by atoms with Gasteiger partial charge in [-0.15, -0.1) is 10.2 Å². The summed E-state index contributed by atoms with van der Waals surface area (Å²) in [6.45, 7) is 7.20. The quantitative estimate of drug-likeness (QED) is 0.146. The van der Waals surface area contributed by atoms with Gasteiger partial charge in [-0.2, -0.15) is 0 Å². The van der Waals surface area contributed by atoms with Crippen LogP contribution in [-0.2, 0) is 37.0 Å². The normalized spacial score (nSPS) is 20.4. The SMILES string of the molecule is CC(=O)OC(C)C(=O)NCc1cccc(-c2cccc(C3OC(CSc4nnc(C)s4)C(C)C(c4ccc(CO)cc4)O3)c2)c1. The highest BCUT2D eigenvalue weighted by atomic mass is 32.2. The first-order valence-corrected chi connectivity index (χ1v) is 16.6. The van der Waals surface area contributed by atoms with Crippen molar-refractivity contribution in [1.29, 1.82) is 0 Å². The summed E-state index contributed by atoms with van der Waals surface area (Å²) in [5, 5.41) is 21.7. The van der Waals surface area contributed by atoms with E-state index in [1.807, 2.05) is 73.7 Å². The lowest BCUT2D eigenvalue weighted by Crippen LogP contribution is -2.38. The van der Waals surface area contributed by atoms with Crippen molar-refractivity contribution in [2.45, 2.75) is 69.8 Å². The molecule has 2 N–H and O–H groups in total. The molecule has 11 heteroatoms. The van der Waals surface area contributed by atoms with Gasteiger partial charge in [-0.25, -0.2) is 0 Å². The molecule has 1 aliphatic heterocycles. The lowest BCUT2D eigenvalue weighted by molar-refractivity contribution is -0.268. The summed E-state index contributed by atoms with van der Waals surface area (Å²) in [6.07, 6.45) is -1.80. The number of carbonyl (C=O) groups is 2. The molecule has 4 aromatic rings. The first-order valence-electron chi connectivity index (χ1n) is 14.8. The number of aryl methyl sites for hydroxylation is 1. The predicted octanol–water partition coefficient (Wildman–Crippen LogP) is 6.16. The number of carbonyl (C=O) groups excluding carboxylic acids is 2. The minimum Gasteiger partial charge on any atom is -0.453 e. The van der Waals surface area contributed by atoms with Crippen molar-refractivity contribution in [1.82, 2.24) is 15.5 Å². The van der Waals surface area contributed by atoms with Gasteiger partial charge in [0, 0.05) is 30.7 Å². The van der Waals surface area contributed by atoms with Crippen LogP contribution in [0.25, 0.3) is 11.1 Å². The fraction of sp³-hybridized carbons (Fsp3) is 0.353. The van der Waals surface area contributed by atoms with E-state index in [1.54, 1.807) is 30.0 Å². The van der Waals surface area contributed by atoms with Crippen LogP contribution in [0.5, 0.6) is 0 Å². The molecule has 2 heterocycles. The number of aromatic nitrogens is 2. The van der Waals surface area contributed by atoms with Crippen LogP contribution >= 0.6 is 23.1 Å². The summed E-state index contributed by atoms with van der Waals surface area (Å²) in [5.74, 6) is -0.0955. The number of esters is 1. The molecule has 1 aromatic heterocycles. The zero-order valence-corrected chi connectivity index (χ0v) is 27.3. The molecular weight excluding hydrogens is 611 g/mol. The Hall–Kier alpha value is -3.61. The van der Waals surface area contributed by atoms with E-state index < -0.39 is 18.4 Å². The third-order valence-electron chi connectivity index (χ3n) is 7.60. The van der Waals surface area contributed by atoms with Crippen molar-refractivity contribution in [3.8, 4) is 11.1 Å². The monoisotopic (exact) mass is 647 g/mol. The van der Waals surface area contributed by atoms with Crippen LogP contribution < -0.4 is 5.32 Å². The molecule has 9 nitrogen and oxygen atoms in total. The number of nitrogens with zero attached hydrogens (tertiary/aromatic N) is 2. The van der Waals surface area contributed by atoms with E-state index in [0.717, 1.165) is 42.7 Å². The van der Waals surface area contributed by atoms with Gasteiger partial charge in [-0.3, -0.25) is 9.59 Å². The molecule has 0 aliphatic carbocycles.